The Labute approximate surface area is 125 Å². The average Bonchev–Trinajstić information content (AvgIpc) is 2.79. The lowest BCUT2D eigenvalue weighted by atomic mass is 10.0. The van der Waals surface area contributed by atoms with Gasteiger partial charge in [-0.1, -0.05) is 30.7 Å². The molecular formula is C14H14ClF3N2O. The summed E-state index contributed by atoms with van der Waals surface area (Å²) in [6.45, 7) is 2.52. The molecule has 0 spiro atoms. The molecule has 1 aromatic heterocycles. The van der Waals surface area contributed by atoms with Crippen molar-refractivity contribution in [3.63, 3.8) is 0 Å². The standard InChI is InChI=1S/C14H14ClF3N2O/c1-2-7-20-12(11(15)8-19-20)13(21)9-3-5-10(6-4-9)14(16,17)18/h3-6,8,13,21H,2,7H2,1H3. The van der Waals surface area contributed by atoms with Gasteiger partial charge in [-0.2, -0.15) is 18.3 Å². The summed E-state index contributed by atoms with van der Waals surface area (Å²) in [5.74, 6) is 0. The summed E-state index contributed by atoms with van der Waals surface area (Å²) in [6, 6.07) is 4.36. The number of alkyl halides is 3. The minimum Gasteiger partial charge on any atom is -0.382 e. The molecule has 0 aliphatic carbocycles. The number of aromatic nitrogens is 2. The lowest BCUT2D eigenvalue weighted by Gasteiger charge is -2.15. The van der Waals surface area contributed by atoms with Crippen molar-refractivity contribution >= 4 is 11.6 Å². The molecule has 1 atom stereocenters. The molecule has 0 fully saturated rings. The van der Waals surface area contributed by atoms with E-state index < -0.39 is 17.8 Å². The Hall–Kier alpha value is -1.53. The maximum atomic E-state index is 12.5. The summed E-state index contributed by atoms with van der Waals surface area (Å²) in [5.41, 5.74) is -0.0346. The maximum absolute atomic E-state index is 12.5. The van der Waals surface area contributed by atoms with E-state index >= 15 is 0 Å². The van der Waals surface area contributed by atoms with Crippen LogP contribution in [0.25, 0.3) is 0 Å². The van der Waals surface area contributed by atoms with Crippen LogP contribution in [0.1, 0.15) is 36.3 Å². The first-order valence-corrected chi connectivity index (χ1v) is 6.78. The van der Waals surface area contributed by atoms with Gasteiger partial charge in [0.1, 0.15) is 6.10 Å². The topological polar surface area (TPSA) is 38.0 Å². The number of aliphatic hydroxyl groups is 1. The van der Waals surface area contributed by atoms with Crippen molar-refractivity contribution in [3.8, 4) is 0 Å². The molecule has 1 aromatic carbocycles. The number of aryl methyl sites for hydroxylation is 1. The molecule has 0 radical (unpaired) electrons. The zero-order valence-corrected chi connectivity index (χ0v) is 12.0. The average molecular weight is 319 g/mol. The van der Waals surface area contributed by atoms with Crippen molar-refractivity contribution in [2.24, 2.45) is 0 Å². The van der Waals surface area contributed by atoms with Crippen molar-refractivity contribution in [2.45, 2.75) is 32.2 Å². The molecule has 7 heteroatoms. The summed E-state index contributed by atoms with van der Waals surface area (Å²) in [7, 11) is 0. The van der Waals surface area contributed by atoms with Gasteiger partial charge in [0.05, 0.1) is 22.5 Å². The highest BCUT2D eigenvalue weighted by atomic mass is 35.5. The number of halogens is 4. The molecule has 1 heterocycles. The molecule has 1 N–H and O–H groups in total. The second-order valence-corrected chi connectivity index (χ2v) is 5.03. The van der Waals surface area contributed by atoms with Crippen LogP contribution < -0.4 is 0 Å². The Bertz CT molecular complexity index is 608. The molecule has 0 saturated heterocycles. The van der Waals surface area contributed by atoms with Crippen LogP contribution in [0, 0.1) is 0 Å². The molecule has 2 rings (SSSR count). The maximum Gasteiger partial charge on any atom is 0.416 e. The van der Waals surface area contributed by atoms with Crippen LogP contribution >= 0.6 is 11.6 Å². The van der Waals surface area contributed by atoms with Crippen molar-refractivity contribution in [3.05, 3.63) is 52.3 Å². The van der Waals surface area contributed by atoms with Gasteiger partial charge in [-0.25, -0.2) is 0 Å². The van der Waals surface area contributed by atoms with E-state index in [0.29, 0.717) is 17.8 Å². The fourth-order valence-electron chi connectivity index (χ4n) is 2.05. The summed E-state index contributed by atoms with van der Waals surface area (Å²) in [4.78, 5) is 0. The molecule has 2 aromatic rings. The van der Waals surface area contributed by atoms with E-state index in [1.165, 1.54) is 18.3 Å². The molecule has 1 unspecified atom stereocenters. The van der Waals surface area contributed by atoms with Crippen LogP contribution in [-0.2, 0) is 12.7 Å². The summed E-state index contributed by atoms with van der Waals surface area (Å²) in [5, 5.41) is 14.7. The van der Waals surface area contributed by atoms with Crippen molar-refractivity contribution < 1.29 is 18.3 Å². The fourth-order valence-corrected chi connectivity index (χ4v) is 2.29. The summed E-state index contributed by atoms with van der Waals surface area (Å²) < 4.78 is 39.1. The number of nitrogens with zero attached hydrogens (tertiary/aromatic N) is 2. The molecule has 0 amide bonds. The fraction of sp³-hybridized carbons (Fsp3) is 0.357. The predicted molar refractivity (Wildman–Crippen MR) is 73.0 cm³/mol. The van der Waals surface area contributed by atoms with Crippen LogP contribution in [0.3, 0.4) is 0 Å². The second-order valence-electron chi connectivity index (χ2n) is 4.62. The first-order chi connectivity index (χ1) is 9.84. The van der Waals surface area contributed by atoms with Crippen LogP contribution in [0.4, 0.5) is 13.2 Å². The van der Waals surface area contributed by atoms with Gasteiger partial charge in [-0.05, 0) is 24.1 Å². The summed E-state index contributed by atoms with van der Waals surface area (Å²) >= 11 is 6.01. The first-order valence-electron chi connectivity index (χ1n) is 6.41. The zero-order valence-electron chi connectivity index (χ0n) is 11.2. The van der Waals surface area contributed by atoms with Crippen molar-refractivity contribution in [1.82, 2.24) is 9.78 Å². The number of aliphatic hydroxyl groups excluding tert-OH is 1. The summed E-state index contributed by atoms with van der Waals surface area (Å²) in [6.07, 6.45) is -3.30. The highest BCUT2D eigenvalue weighted by Gasteiger charge is 2.30. The van der Waals surface area contributed by atoms with E-state index in [9.17, 15) is 18.3 Å². The Morgan fingerprint density at radius 2 is 1.90 bits per heavy atom. The zero-order chi connectivity index (χ0) is 15.6. The largest absolute Gasteiger partial charge is 0.416 e. The normalized spacial score (nSPS) is 13.4. The van der Waals surface area contributed by atoms with Crippen LogP contribution in [0.2, 0.25) is 5.02 Å². The molecule has 0 aliphatic rings. The number of benzene rings is 1. The van der Waals surface area contributed by atoms with E-state index in [0.717, 1.165) is 18.6 Å². The van der Waals surface area contributed by atoms with Gasteiger partial charge in [-0.3, -0.25) is 4.68 Å². The Kier molecular flexibility index (Phi) is 4.58. The molecule has 21 heavy (non-hydrogen) atoms. The number of hydrogen-bond acceptors (Lipinski definition) is 2. The molecule has 0 bridgehead atoms. The first kappa shape index (κ1) is 15.9. The van der Waals surface area contributed by atoms with E-state index in [-0.39, 0.29) is 5.02 Å². The van der Waals surface area contributed by atoms with Gasteiger partial charge in [0, 0.05) is 6.54 Å². The molecule has 0 aliphatic heterocycles. The minimum atomic E-state index is -4.40. The smallest absolute Gasteiger partial charge is 0.382 e. The number of hydrogen-bond donors (Lipinski definition) is 1. The highest BCUT2D eigenvalue weighted by molar-refractivity contribution is 6.31. The van der Waals surface area contributed by atoms with E-state index in [1.807, 2.05) is 6.92 Å². The van der Waals surface area contributed by atoms with Gasteiger partial charge in [0.15, 0.2) is 0 Å². The van der Waals surface area contributed by atoms with Crippen LogP contribution in [0.15, 0.2) is 30.5 Å². The third kappa shape index (κ3) is 3.39. The lowest BCUT2D eigenvalue weighted by Crippen LogP contribution is -2.11. The van der Waals surface area contributed by atoms with Crippen LogP contribution in [0.5, 0.6) is 0 Å². The van der Waals surface area contributed by atoms with Crippen molar-refractivity contribution in [2.75, 3.05) is 0 Å². The van der Waals surface area contributed by atoms with E-state index in [4.69, 9.17) is 11.6 Å². The van der Waals surface area contributed by atoms with Gasteiger partial charge in [0.2, 0.25) is 0 Å². The Balaban J connectivity index is 2.32. The SMILES string of the molecule is CCCn1ncc(Cl)c1C(O)c1ccc(C(F)(F)F)cc1. The molecular weight excluding hydrogens is 305 g/mol. The predicted octanol–water partition coefficient (Wildman–Crippen LogP) is 4.05. The van der Waals surface area contributed by atoms with Crippen LogP contribution in [-0.4, -0.2) is 14.9 Å². The van der Waals surface area contributed by atoms with Gasteiger partial charge < -0.3 is 5.11 Å². The third-order valence-corrected chi connectivity index (χ3v) is 3.37. The Morgan fingerprint density at radius 1 is 1.29 bits per heavy atom. The van der Waals surface area contributed by atoms with Crippen molar-refractivity contribution in [1.29, 1.82) is 0 Å². The van der Waals surface area contributed by atoms with Gasteiger partial charge in [-0.15, -0.1) is 0 Å². The van der Waals surface area contributed by atoms with E-state index in [2.05, 4.69) is 5.10 Å². The second kappa shape index (κ2) is 6.07. The number of rotatable bonds is 4. The highest BCUT2D eigenvalue weighted by Crippen LogP contribution is 2.32. The lowest BCUT2D eigenvalue weighted by molar-refractivity contribution is -0.137. The molecule has 0 saturated carbocycles. The third-order valence-electron chi connectivity index (χ3n) is 3.08. The van der Waals surface area contributed by atoms with E-state index in [1.54, 1.807) is 4.68 Å². The monoisotopic (exact) mass is 318 g/mol. The Morgan fingerprint density at radius 3 is 2.43 bits per heavy atom. The quantitative estimate of drug-likeness (QED) is 0.923. The van der Waals surface area contributed by atoms with Gasteiger partial charge >= 0.3 is 6.18 Å². The molecule has 3 nitrogen and oxygen atoms in total. The molecule has 114 valence electrons. The minimum absolute atomic E-state index is 0.288. The van der Waals surface area contributed by atoms with Gasteiger partial charge in [0.25, 0.3) is 0 Å².